The zero-order valence-electron chi connectivity index (χ0n) is 12.9. The van der Waals surface area contributed by atoms with Crippen LogP contribution in [-0.4, -0.2) is 33.2 Å². The van der Waals surface area contributed by atoms with Crippen molar-refractivity contribution in [2.24, 2.45) is 5.73 Å². The molecule has 1 aromatic carbocycles. The van der Waals surface area contributed by atoms with Crippen LogP contribution < -0.4 is 5.73 Å². The van der Waals surface area contributed by atoms with Crippen molar-refractivity contribution in [3.8, 4) is 0 Å². The first-order valence-corrected chi connectivity index (χ1v) is 8.90. The second-order valence-electron chi connectivity index (χ2n) is 4.96. The maximum absolute atomic E-state index is 12.2. The summed E-state index contributed by atoms with van der Waals surface area (Å²) in [5.41, 5.74) is 7.72. The SMILES string of the molecule is Cc1ccc(C(=O)CSc2nc(C)cc(SCC(N)=O)n2)cc1. The first-order valence-electron chi connectivity index (χ1n) is 6.93. The summed E-state index contributed by atoms with van der Waals surface area (Å²) in [6, 6.07) is 9.27. The molecule has 0 spiro atoms. The number of aryl methyl sites for hydroxylation is 2. The van der Waals surface area contributed by atoms with E-state index in [1.54, 1.807) is 6.07 Å². The third-order valence-corrected chi connectivity index (χ3v) is 4.66. The lowest BCUT2D eigenvalue weighted by molar-refractivity contribution is -0.115. The number of hydrogen-bond acceptors (Lipinski definition) is 6. The first kappa shape index (κ1) is 17.5. The summed E-state index contributed by atoms with van der Waals surface area (Å²) in [6.45, 7) is 3.83. The Labute approximate surface area is 143 Å². The number of nitrogens with zero attached hydrogens (tertiary/aromatic N) is 2. The number of ketones is 1. The molecule has 1 aromatic heterocycles. The van der Waals surface area contributed by atoms with Gasteiger partial charge >= 0.3 is 0 Å². The normalized spacial score (nSPS) is 10.5. The van der Waals surface area contributed by atoms with Gasteiger partial charge in [0.25, 0.3) is 0 Å². The highest BCUT2D eigenvalue weighted by Crippen LogP contribution is 2.21. The standard InChI is InChI=1S/C16H17N3O2S2/c1-10-3-5-12(6-4-10)13(20)8-23-16-18-11(2)7-15(19-16)22-9-14(17)21/h3-7H,8-9H2,1-2H3,(H2,17,21). The summed E-state index contributed by atoms with van der Waals surface area (Å²) in [5, 5.41) is 1.21. The second kappa shape index (κ2) is 8.12. The third-order valence-electron chi connectivity index (χ3n) is 2.88. The molecular formula is C16H17N3O2S2. The van der Waals surface area contributed by atoms with Crippen LogP contribution in [0.2, 0.25) is 0 Å². The predicted octanol–water partition coefficient (Wildman–Crippen LogP) is 2.65. The highest BCUT2D eigenvalue weighted by Gasteiger charge is 2.10. The molecule has 23 heavy (non-hydrogen) atoms. The summed E-state index contributed by atoms with van der Waals surface area (Å²) in [6.07, 6.45) is 0. The average Bonchev–Trinajstić information content (AvgIpc) is 2.51. The van der Waals surface area contributed by atoms with Crippen molar-refractivity contribution in [3.63, 3.8) is 0 Å². The third kappa shape index (κ3) is 5.69. The molecule has 0 aliphatic rings. The Hall–Kier alpha value is -1.86. The molecule has 5 nitrogen and oxygen atoms in total. The molecule has 120 valence electrons. The summed E-state index contributed by atoms with van der Waals surface area (Å²) in [7, 11) is 0. The van der Waals surface area contributed by atoms with Crippen LogP contribution in [0.25, 0.3) is 0 Å². The van der Waals surface area contributed by atoms with E-state index in [2.05, 4.69) is 9.97 Å². The van der Waals surface area contributed by atoms with E-state index in [1.165, 1.54) is 23.5 Å². The van der Waals surface area contributed by atoms with Crippen molar-refractivity contribution in [1.82, 2.24) is 9.97 Å². The summed E-state index contributed by atoms with van der Waals surface area (Å²) in [4.78, 5) is 31.7. The molecular weight excluding hydrogens is 330 g/mol. The number of amides is 1. The number of aromatic nitrogens is 2. The summed E-state index contributed by atoms with van der Waals surface area (Å²) < 4.78 is 0. The monoisotopic (exact) mass is 347 g/mol. The number of Topliss-reactive ketones (excluding diaryl/α,β-unsaturated/α-hetero) is 1. The Bertz CT molecular complexity index is 718. The molecule has 0 atom stereocenters. The Morgan fingerprint density at radius 3 is 2.39 bits per heavy atom. The Morgan fingerprint density at radius 1 is 1.04 bits per heavy atom. The molecule has 7 heteroatoms. The van der Waals surface area contributed by atoms with Gasteiger partial charge < -0.3 is 5.73 Å². The lowest BCUT2D eigenvalue weighted by Gasteiger charge is -2.05. The van der Waals surface area contributed by atoms with E-state index in [9.17, 15) is 9.59 Å². The van der Waals surface area contributed by atoms with Crippen molar-refractivity contribution in [1.29, 1.82) is 0 Å². The number of carbonyl (C=O) groups is 2. The van der Waals surface area contributed by atoms with Gasteiger partial charge in [-0.2, -0.15) is 0 Å². The van der Waals surface area contributed by atoms with Crippen molar-refractivity contribution >= 4 is 35.2 Å². The van der Waals surface area contributed by atoms with E-state index < -0.39 is 5.91 Å². The van der Waals surface area contributed by atoms with Gasteiger partial charge in [0.05, 0.1) is 11.5 Å². The Balaban J connectivity index is 2.00. The number of hydrogen-bond donors (Lipinski definition) is 1. The van der Waals surface area contributed by atoms with Crippen molar-refractivity contribution in [2.45, 2.75) is 24.0 Å². The Kier molecular flexibility index (Phi) is 6.18. The summed E-state index contributed by atoms with van der Waals surface area (Å²) in [5.74, 6) is 0.0800. The number of thioether (sulfide) groups is 2. The van der Waals surface area contributed by atoms with Crippen LogP contribution in [0.4, 0.5) is 0 Å². The van der Waals surface area contributed by atoms with Gasteiger partial charge in [0, 0.05) is 11.3 Å². The second-order valence-corrected chi connectivity index (χ2v) is 6.90. The average molecular weight is 347 g/mol. The van der Waals surface area contributed by atoms with E-state index in [0.29, 0.717) is 15.7 Å². The number of carbonyl (C=O) groups excluding carboxylic acids is 2. The lowest BCUT2D eigenvalue weighted by Crippen LogP contribution is -2.13. The molecule has 0 aliphatic heterocycles. The fraction of sp³-hybridized carbons (Fsp3) is 0.250. The van der Waals surface area contributed by atoms with Gasteiger partial charge in [-0.3, -0.25) is 9.59 Å². The number of primary amides is 1. The van der Waals surface area contributed by atoms with Gasteiger partial charge in [-0.15, -0.1) is 0 Å². The number of nitrogens with two attached hydrogens (primary N) is 1. The van der Waals surface area contributed by atoms with Crippen molar-refractivity contribution < 1.29 is 9.59 Å². The van der Waals surface area contributed by atoms with E-state index >= 15 is 0 Å². The molecule has 0 aliphatic carbocycles. The first-order chi connectivity index (χ1) is 10.9. The maximum Gasteiger partial charge on any atom is 0.227 e. The van der Waals surface area contributed by atoms with E-state index in [1.807, 2.05) is 38.1 Å². The Morgan fingerprint density at radius 2 is 1.74 bits per heavy atom. The predicted molar refractivity (Wildman–Crippen MR) is 92.9 cm³/mol. The van der Waals surface area contributed by atoms with Crippen LogP contribution in [0.15, 0.2) is 40.5 Å². The zero-order chi connectivity index (χ0) is 16.8. The summed E-state index contributed by atoms with van der Waals surface area (Å²) >= 11 is 2.55. The molecule has 2 rings (SSSR count). The fourth-order valence-electron chi connectivity index (χ4n) is 1.75. The van der Waals surface area contributed by atoms with Crippen molar-refractivity contribution in [3.05, 3.63) is 47.2 Å². The molecule has 2 aromatic rings. The topological polar surface area (TPSA) is 85.9 Å². The molecule has 0 fully saturated rings. The number of rotatable bonds is 7. The van der Waals surface area contributed by atoms with Crippen LogP contribution >= 0.6 is 23.5 Å². The van der Waals surface area contributed by atoms with Crippen LogP contribution in [0, 0.1) is 13.8 Å². The molecule has 2 N–H and O–H groups in total. The molecule has 1 amide bonds. The van der Waals surface area contributed by atoms with Crippen LogP contribution in [-0.2, 0) is 4.79 Å². The molecule has 0 bridgehead atoms. The van der Waals surface area contributed by atoms with E-state index in [4.69, 9.17) is 5.73 Å². The van der Waals surface area contributed by atoms with E-state index in [0.717, 1.165) is 11.3 Å². The van der Waals surface area contributed by atoms with Crippen LogP contribution in [0.5, 0.6) is 0 Å². The lowest BCUT2D eigenvalue weighted by atomic mass is 10.1. The van der Waals surface area contributed by atoms with Crippen LogP contribution in [0.3, 0.4) is 0 Å². The minimum Gasteiger partial charge on any atom is -0.369 e. The maximum atomic E-state index is 12.2. The van der Waals surface area contributed by atoms with Gasteiger partial charge in [0.1, 0.15) is 5.03 Å². The van der Waals surface area contributed by atoms with Gasteiger partial charge in [-0.25, -0.2) is 9.97 Å². The largest absolute Gasteiger partial charge is 0.369 e. The fourth-order valence-corrected chi connectivity index (χ4v) is 3.30. The molecule has 0 saturated heterocycles. The minimum absolute atomic E-state index is 0.0337. The zero-order valence-corrected chi connectivity index (χ0v) is 14.5. The molecule has 0 radical (unpaired) electrons. The quantitative estimate of drug-likeness (QED) is 0.359. The van der Waals surface area contributed by atoms with Crippen molar-refractivity contribution in [2.75, 3.05) is 11.5 Å². The minimum atomic E-state index is -0.394. The molecule has 0 unspecified atom stereocenters. The van der Waals surface area contributed by atoms with Gasteiger partial charge in [0.15, 0.2) is 10.9 Å². The number of benzene rings is 1. The van der Waals surface area contributed by atoms with Crippen LogP contribution in [0.1, 0.15) is 21.6 Å². The van der Waals surface area contributed by atoms with Gasteiger partial charge in [0.2, 0.25) is 5.91 Å². The highest BCUT2D eigenvalue weighted by atomic mass is 32.2. The smallest absolute Gasteiger partial charge is 0.227 e. The van der Waals surface area contributed by atoms with Gasteiger partial charge in [-0.05, 0) is 19.9 Å². The highest BCUT2D eigenvalue weighted by molar-refractivity contribution is 8.00. The van der Waals surface area contributed by atoms with E-state index in [-0.39, 0.29) is 17.3 Å². The molecule has 1 heterocycles. The van der Waals surface area contributed by atoms with Gasteiger partial charge in [-0.1, -0.05) is 53.4 Å². The molecule has 0 saturated carbocycles.